The number of aryl methyl sites for hydroxylation is 1. The van der Waals surface area contributed by atoms with E-state index in [1.165, 1.54) is 0 Å². The van der Waals surface area contributed by atoms with E-state index in [4.69, 9.17) is 6.42 Å². The van der Waals surface area contributed by atoms with E-state index in [1.54, 1.807) is 0 Å². The Labute approximate surface area is 71.4 Å². The normalized spacial score (nSPS) is 9.00. The molecule has 3 heteroatoms. The van der Waals surface area contributed by atoms with Gasteiger partial charge in [-0.25, -0.2) is 0 Å². The molecule has 0 aliphatic heterocycles. The van der Waals surface area contributed by atoms with Crippen LogP contribution in [0.3, 0.4) is 0 Å². The Morgan fingerprint density at radius 3 is 3.08 bits per heavy atom. The Balaban J connectivity index is 2.44. The molecule has 0 aromatic carbocycles. The molecule has 0 saturated heterocycles. The number of nitrogens with one attached hydrogen (secondary N) is 1. The number of amides is 1. The highest BCUT2D eigenvalue weighted by molar-refractivity contribution is 5.92. The lowest BCUT2D eigenvalue weighted by Gasteiger charge is -1.96. The van der Waals surface area contributed by atoms with Crippen LogP contribution >= 0.6 is 0 Å². The molecule has 0 aliphatic rings. The van der Waals surface area contributed by atoms with Crippen LogP contribution in [0.15, 0.2) is 18.5 Å². The van der Waals surface area contributed by atoms with Gasteiger partial charge in [0, 0.05) is 26.0 Å². The van der Waals surface area contributed by atoms with Crippen LogP contribution in [0.1, 0.15) is 5.56 Å². The molecule has 1 amide bonds. The molecular formula is C9H10N2O. The van der Waals surface area contributed by atoms with Gasteiger partial charge in [0.1, 0.15) is 0 Å². The molecular weight excluding hydrogens is 152 g/mol. The van der Waals surface area contributed by atoms with Gasteiger partial charge in [0.2, 0.25) is 0 Å². The molecule has 0 spiro atoms. The van der Waals surface area contributed by atoms with Gasteiger partial charge in [0.15, 0.2) is 0 Å². The molecule has 3 nitrogen and oxygen atoms in total. The zero-order valence-electron chi connectivity index (χ0n) is 6.87. The molecule has 12 heavy (non-hydrogen) atoms. The van der Waals surface area contributed by atoms with E-state index in [2.05, 4.69) is 5.32 Å². The summed E-state index contributed by atoms with van der Waals surface area (Å²) in [6, 6.07) is 1.93. The maximum atomic E-state index is 10.6. The van der Waals surface area contributed by atoms with Crippen LogP contribution in [0.25, 0.3) is 0 Å². The van der Waals surface area contributed by atoms with Gasteiger partial charge in [-0.2, -0.15) is 0 Å². The van der Waals surface area contributed by atoms with Gasteiger partial charge in [-0.1, -0.05) is 0 Å². The van der Waals surface area contributed by atoms with Gasteiger partial charge < -0.3 is 9.88 Å². The predicted octanol–water partition coefficient (Wildman–Crippen LogP) is 0.274. The zero-order valence-corrected chi connectivity index (χ0v) is 6.87. The first-order valence-electron chi connectivity index (χ1n) is 3.57. The van der Waals surface area contributed by atoms with E-state index in [9.17, 15) is 4.79 Å². The zero-order chi connectivity index (χ0) is 8.97. The number of aromatic nitrogens is 1. The second kappa shape index (κ2) is 3.63. The molecule has 62 valence electrons. The van der Waals surface area contributed by atoms with Gasteiger partial charge in [0.05, 0.1) is 0 Å². The molecule has 0 unspecified atom stereocenters. The first-order chi connectivity index (χ1) is 5.72. The van der Waals surface area contributed by atoms with Crippen molar-refractivity contribution in [1.82, 2.24) is 9.88 Å². The minimum atomic E-state index is -0.376. The highest BCUT2D eigenvalue weighted by Crippen LogP contribution is 1.97. The third-order valence-electron chi connectivity index (χ3n) is 1.48. The summed E-state index contributed by atoms with van der Waals surface area (Å²) in [7, 11) is 1.92. The molecule has 0 radical (unpaired) electrons. The Morgan fingerprint density at radius 2 is 2.58 bits per heavy atom. The molecule has 1 heterocycles. The monoisotopic (exact) mass is 162 g/mol. The Kier molecular flexibility index (Phi) is 2.54. The number of carbonyl (C=O) groups excluding carboxylic acids is 1. The highest BCUT2D eigenvalue weighted by Gasteiger charge is 1.96. The Bertz CT molecular complexity index is 320. The second-order valence-electron chi connectivity index (χ2n) is 2.51. The van der Waals surface area contributed by atoms with E-state index in [-0.39, 0.29) is 5.91 Å². The van der Waals surface area contributed by atoms with Crippen molar-refractivity contribution in [3.05, 3.63) is 24.0 Å². The molecule has 1 N–H and O–H groups in total. The van der Waals surface area contributed by atoms with E-state index < -0.39 is 0 Å². The van der Waals surface area contributed by atoms with E-state index in [1.807, 2.05) is 36.0 Å². The number of nitrogens with zero attached hydrogens (tertiary/aromatic N) is 1. The predicted molar refractivity (Wildman–Crippen MR) is 46.1 cm³/mol. The summed E-state index contributed by atoms with van der Waals surface area (Å²) in [4.78, 5) is 10.6. The van der Waals surface area contributed by atoms with Crippen molar-refractivity contribution in [2.75, 3.05) is 0 Å². The Morgan fingerprint density at radius 1 is 1.83 bits per heavy atom. The summed E-state index contributed by atoms with van der Waals surface area (Å²) >= 11 is 0. The van der Waals surface area contributed by atoms with Crippen molar-refractivity contribution >= 4 is 5.91 Å². The average molecular weight is 162 g/mol. The lowest BCUT2D eigenvalue weighted by atomic mass is 10.3. The van der Waals surface area contributed by atoms with Gasteiger partial charge in [-0.3, -0.25) is 4.79 Å². The summed E-state index contributed by atoms with van der Waals surface area (Å²) in [6.45, 7) is 0.490. The maximum absolute atomic E-state index is 10.6. The minimum absolute atomic E-state index is 0.376. The molecule has 0 saturated carbocycles. The van der Waals surface area contributed by atoms with Crippen molar-refractivity contribution in [2.45, 2.75) is 6.54 Å². The lowest BCUT2D eigenvalue weighted by Crippen LogP contribution is -2.20. The molecule has 0 fully saturated rings. The first-order valence-corrected chi connectivity index (χ1v) is 3.57. The first kappa shape index (κ1) is 8.41. The minimum Gasteiger partial charge on any atom is -0.357 e. The van der Waals surface area contributed by atoms with Crippen molar-refractivity contribution < 1.29 is 4.79 Å². The van der Waals surface area contributed by atoms with Crippen molar-refractivity contribution in [3.63, 3.8) is 0 Å². The number of rotatable bonds is 2. The van der Waals surface area contributed by atoms with E-state index >= 15 is 0 Å². The summed E-state index contributed by atoms with van der Waals surface area (Å²) in [5.74, 6) is 1.61. The van der Waals surface area contributed by atoms with Crippen molar-refractivity contribution in [3.8, 4) is 12.3 Å². The molecule has 1 rings (SSSR count). The van der Waals surface area contributed by atoms with Gasteiger partial charge in [0.25, 0.3) is 5.91 Å². The maximum Gasteiger partial charge on any atom is 0.295 e. The summed E-state index contributed by atoms with van der Waals surface area (Å²) in [5.41, 5.74) is 1.04. The fourth-order valence-corrected chi connectivity index (χ4v) is 0.899. The summed E-state index contributed by atoms with van der Waals surface area (Å²) in [5, 5.41) is 2.57. The summed E-state index contributed by atoms with van der Waals surface area (Å²) < 4.78 is 1.91. The quantitative estimate of drug-likeness (QED) is 0.622. The van der Waals surface area contributed by atoms with Crippen molar-refractivity contribution in [2.24, 2.45) is 7.05 Å². The van der Waals surface area contributed by atoms with Gasteiger partial charge in [-0.05, 0) is 17.6 Å². The van der Waals surface area contributed by atoms with Crippen LogP contribution < -0.4 is 5.32 Å². The average Bonchev–Trinajstić information content (AvgIpc) is 2.47. The van der Waals surface area contributed by atoms with E-state index in [0.717, 1.165) is 5.56 Å². The van der Waals surface area contributed by atoms with E-state index in [0.29, 0.717) is 6.54 Å². The largest absolute Gasteiger partial charge is 0.357 e. The number of hydrogen-bond donors (Lipinski definition) is 1. The standard InChI is InChI=1S/C9H10N2O/c1-3-9(12)10-6-8-4-5-11(2)7-8/h1,4-5,7H,6H2,2H3,(H,10,12). The lowest BCUT2D eigenvalue weighted by molar-refractivity contribution is -0.115. The molecule has 0 bridgehead atoms. The van der Waals surface area contributed by atoms with Crippen LogP contribution in [0, 0.1) is 12.3 Å². The fraction of sp³-hybridized carbons (Fsp3) is 0.222. The molecule has 1 aromatic heterocycles. The smallest absolute Gasteiger partial charge is 0.295 e. The summed E-state index contributed by atoms with van der Waals surface area (Å²) in [6.07, 6.45) is 8.72. The van der Waals surface area contributed by atoms with Crippen molar-refractivity contribution in [1.29, 1.82) is 0 Å². The van der Waals surface area contributed by atoms with Crippen LogP contribution in [0.2, 0.25) is 0 Å². The van der Waals surface area contributed by atoms with Gasteiger partial charge in [-0.15, -0.1) is 6.42 Å². The number of hydrogen-bond acceptors (Lipinski definition) is 1. The molecule has 1 aromatic rings. The molecule has 0 aliphatic carbocycles. The third-order valence-corrected chi connectivity index (χ3v) is 1.48. The van der Waals surface area contributed by atoms with Gasteiger partial charge >= 0.3 is 0 Å². The highest BCUT2D eigenvalue weighted by atomic mass is 16.1. The van der Waals surface area contributed by atoms with Crippen LogP contribution in [0.5, 0.6) is 0 Å². The van der Waals surface area contributed by atoms with Crippen LogP contribution in [-0.2, 0) is 18.4 Å². The number of carbonyl (C=O) groups is 1. The second-order valence-corrected chi connectivity index (χ2v) is 2.51. The third kappa shape index (κ3) is 2.17. The fourth-order valence-electron chi connectivity index (χ4n) is 0.899. The SMILES string of the molecule is C#CC(=O)NCc1ccn(C)c1. The van der Waals surface area contributed by atoms with Crippen LogP contribution in [-0.4, -0.2) is 10.5 Å². The molecule has 0 atom stereocenters. The topological polar surface area (TPSA) is 34.0 Å². The number of terminal acetylenes is 1. The van der Waals surface area contributed by atoms with Crippen LogP contribution in [0.4, 0.5) is 0 Å². The Hall–Kier alpha value is -1.69.